The Bertz CT molecular complexity index is 615. The highest BCUT2D eigenvalue weighted by molar-refractivity contribution is 5.81. The summed E-state index contributed by atoms with van der Waals surface area (Å²) in [6.07, 6.45) is 3.65. The normalized spacial score (nSPS) is 26.1. The van der Waals surface area contributed by atoms with Gasteiger partial charge in [0.2, 0.25) is 5.91 Å². The van der Waals surface area contributed by atoms with E-state index in [0.29, 0.717) is 32.4 Å². The molecule has 0 bridgehead atoms. The lowest BCUT2D eigenvalue weighted by Crippen LogP contribution is -2.37. The Labute approximate surface area is 136 Å². The van der Waals surface area contributed by atoms with Crippen LogP contribution < -0.4 is 4.74 Å². The van der Waals surface area contributed by atoms with Gasteiger partial charge in [-0.1, -0.05) is 18.6 Å². The van der Waals surface area contributed by atoms with Gasteiger partial charge in [0.1, 0.15) is 5.75 Å². The second kappa shape index (κ2) is 6.22. The SMILES string of the molecule is COc1cccc(CCC(=O)N2C[C@@H]3CCC[C@@]3(C(=O)O)C2)c1. The average molecular weight is 317 g/mol. The van der Waals surface area contributed by atoms with E-state index >= 15 is 0 Å². The van der Waals surface area contributed by atoms with Gasteiger partial charge in [0, 0.05) is 19.5 Å². The standard InChI is InChI=1S/C18H23NO4/c1-23-15-6-2-4-13(10-15)7-8-16(20)19-11-14-5-3-9-18(14,12-19)17(21)22/h2,4,6,10,14H,3,5,7-9,11-12H2,1H3,(H,21,22)/t14-,18+/m0/s1. The average Bonchev–Trinajstić information content (AvgIpc) is 3.11. The number of hydrogen-bond acceptors (Lipinski definition) is 3. The van der Waals surface area contributed by atoms with Gasteiger partial charge in [-0.25, -0.2) is 0 Å². The molecule has 5 heteroatoms. The fourth-order valence-corrected chi connectivity index (χ4v) is 4.07. The van der Waals surface area contributed by atoms with Crippen LogP contribution in [0.15, 0.2) is 24.3 Å². The van der Waals surface area contributed by atoms with E-state index in [1.807, 2.05) is 24.3 Å². The zero-order chi connectivity index (χ0) is 16.4. The monoisotopic (exact) mass is 317 g/mol. The molecule has 0 unspecified atom stereocenters. The van der Waals surface area contributed by atoms with E-state index in [0.717, 1.165) is 24.2 Å². The second-order valence-electron chi connectivity index (χ2n) is 6.68. The number of carboxylic acids is 1. The van der Waals surface area contributed by atoms with Crippen molar-refractivity contribution in [3.63, 3.8) is 0 Å². The maximum atomic E-state index is 12.5. The van der Waals surface area contributed by atoms with E-state index in [-0.39, 0.29) is 11.8 Å². The van der Waals surface area contributed by atoms with Crippen LogP contribution in [0.2, 0.25) is 0 Å². The van der Waals surface area contributed by atoms with Crippen LogP contribution >= 0.6 is 0 Å². The van der Waals surface area contributed by atoms with E-state index < -0.39 is 11.4 Å². The number of likely N-dealkylation sites (tertiary alicyclic amines) is 1. The van der Waals surface area contributed by atoms with Crippen molar-refractivity contribution in [1.29, 1.82) is 0 Å². The Morgan fingerprint density at radius 1 is 1.43 bits per heavy atom. The number of carbonyl (C=O) groups is 2. The molecule has 1 saturated heterocycles. The van der Waals surface area contributed by atoms with E-state index in [9.17, 15) is 14.7 Å². The molecule has 1 N–H and O–H groups in total. The Morgan fingerprint density at radius 3 is 2.96 bits per heavy atom. The van der Waals surface area contributed by atoms with Crippen molar-refractivity contribution >= 4 is 11.9 Å². The summed E-state index contributed by atoms with van der Waals surface area (Å²) in [5.74, 6) is 0.238. The Kier molecular flexibility index (Phi) is 4.28. The highest BCUT2D eigenvalue weighted by Crippen LogP contribution is 2.48. The minimum Gasteiger partial charge on any atom is -0.497 e. The van der Waals surface area contributed by atoms with Crippen molar-refractivity contribution in [1.82, 2.24) is 4.90 Å². The molecule has 1 aromatic carbocycles. The van der Waals surface area contributed by atoms with Gasteiger partial charge in [0.25, 0.3) is 0 Å². The number of nitrogens with zero attached hydrogens (tertiary/aromatic N) is 1. The lowest BCUT2D eigenvalue weighted by Gasteiger charge is -2.23. The molecule has 1 saturated carbocycles. The maximum Gasteiger partial charge on any atom is 0.311 e. The molecule has 23 heavy (non-hydrogen) atoms. The first kappa shape index (κ1) is 15.8. The van der Waals surface area contributed by atoms with Crippen molar-refractivity contribution in [2.75, 3.05) is 20.2 Å². The summed E-state index contributed by atoms with van der Waals surface area (Å²) < 4.78 is 5.19. The van der Waals surface area contributed by atoms with Crippen molar-refractivity contribution in [3.05, 3.63) is 29.8 Å². The molecule has 2 fully saturated rings. The fraction of sp³-hybridized carbons (Fsp3) is 0.556. The van der Waals surface area contributed by atoms with E-state index in [2.05, 4.69) is 0 Å². The van der Waals surface area contributed by atoms with Gasteiger partial charge in [0.05, 0.1) is 12.5 Å². The predicted molar refractivity (Wildman–Crippen MR) is 85.3 cm³/mol. The Morgan fingerprint density at radius 2 is 2.26 bits per heavy atom. The topological polar surface area (TPSA) is 66.8 Å². The van der Waals surface area contributed by atoms with Gasteiger partial charge in [-0.3, -0.25) is 9.59 Å². The molecule has 2 atom stereocenters. The van der Waals surface area contributed by atoms with Crippen LogP contribution in [0.3, 0.4) is 0 Å². The molecule has 2 aliphatic rings. The number of hydrogen-bond donors (Lipinski definition) is 1. The third-order valence-electron chi connectivity index (χ3n) is 5.41. The number of carboxylic acid groups (broad SMARTS) is 1. The Balaban J connectivity index is 1.60. The highest BCUT2D eigenvalue weighted by atomic mass is 16.5. The highest BCUT2D eigenvalue weighted by Gasteiger charge is 2.55. The van der Waals surface area contributed by atoms with Gasteiger partial charge >= 0.3 is 5.97 Å². The van der Waals surface area contributed by atoms with Gasteiger partial charge in [-0.05, 0) is 42.9 Å². The molecule has 5 nitrogen and oxygen atoms in total. The summed E-state index contributed by atoms with van der Waals surface area (Å²) in [6.45, 7) is 0.979. The van der Waals surface area contributed by atoms with Crippen LogP contribution in [0.4, 0.5) is 0 Å². The number of benzene rings is 1. The third kappa shape index (κ3) is 2.92. The van der Waals surface area contributed by atoms with Crippen molar-refractivity contribution in [3.8, 4) is 5.75 Å². The third-order valence-corrected chi connectivity index (χ3v) is 5.41. The largest absolute Gasteiger partial charge is 0.497 e. The molecular weight excluding hydrogens is 294 g/mol. The van der Waals surface area contributed by atoms with Crippen molar-refractivity contribution in [2.45, 2.75) is 32.1 Å². The van der Waals surface area contributed by atoms with Crippen LogP contribution in [0, 0.1) is 11.3 Å². The van der Waals surface area contributed by atoms with Crippen LogP contribution in [-0.2, 0) is 16.0 Å². The van der Waals surface area contributed by atoms with E-state index in [1.165, 1.54) is 0 Å². The summed E-state index contributed by atoms with van der Waals surface area (Å²) in [5, 5.41) is 9.59. The molecule has 0 radical (unpaired) electrons. The molecule has 124 valence electrons. The fourth-order valence-electron chi connectivity index (χ4n) is 4.07. The first-order valence-electron chi connectivity index (χ1n) is 8.19. The molecular formula is C18H23NO4. The number of methoxy groups -OCH3 is 1. The second-order valence-corrected chi connectivity index (χ2v) is 6.68. The molecule has 1 amide bonds. The smallest absolute Gasteiger partial charge is 0.311 e. The lowest BCUT2D eigenvalue weighted by molar-refractivity contribution is -0.149. The van der Waals surface area contributed by atoms with Gasteiger partial charge in [-0.2, -0.15) is 0 Å². The summed E-state index contributed by atoms with van der Waals surface area (Å²) in [4.78, 5) is 25.9. The first-order chi connectivity index (χ1) is 11.0. The Hall–Kier alpha value is -2.04. The lowest BCUT2D eigenvalue weighted by atomic mass is 9.81. The summed E-state index contributed by atoms with van der Waals surface area (Å²) in [5.41, 5.74) is 0.371. The van der Waals surface area contributed by atoms with Crippen LogP contribution in [0.5, 0.6) is 5.75 Å². The zero-order valence-corrected chi connectivity index (χ0v) is 13.5. The molecule has 0 spiro atoms. The van der Waals surface area contributed by atoms with E-state index in [1.54, 1.807) is 12.0 Å². The minimum atomic E-state index is -0.733. The zero-order valence-electron chi connectivity index (χ0n) is 13.5. The predicted octanol–water partition coefficient (Wildman–Crippen LogP) is 2.34. The van der Waals surface area contributed by atoms with Crippen LogP contribution in [0.25, 0.3) is 0 Å². The van der Waals surface area contributed by atoms with Gasteiger partial charge in [-0.15, -0.1) is 0 Å². The number of aryl methyl sites for hydroxylation is 1. The first-order valence-corrected chi connectivity index (χ1v) is 8.19. The molecule has 1 aromatic rings. The summed E-state index contributed by atoms with van der Waals surface area (Å²) in [6, 6.07) is 7.71. The molecule has 1 aliphatic heterocycles. The number of aliphatic carboxylic acids is 1. The van der Waals surface area contributed by atoms with Crippen LogP contribution in [0.1, 0.15) is 31.2 Å². The maximum absolute atomic E-state index is 12.5. The molecule has 1 aliphatic carbocycles. The van der Waals surface area contributed by atoms with Gasteiger partial charge < -0.3 is 14.7 Å². The number of ether oxygens (including phenoxy) is 1. The van der Waals surface area contributed by atoms with Gasteiger partial charge in [0.15, 0.2) is 0 Å². The van der Waals surface area contributed by atoms with Crippen molar-refractivity contribution < 1.29 is 19.4 Å². The number of carbonyl (C=O) groups excluding carboxylic acids is 1. The quantitative estimate of drug-likeness (QED) is 0.905. The van der Waals surface area contributed by atoms with E-state index in [4.69, 9.17) is 4.74 Å². The molecule has 0 aromatic heterocycles. The number of amides is 1. The van der Waals surface area contributed by atoms with Crippen molar-refractivity contribution in [2.24, 2.45) is 11.3 Å². The summed E-state index contributed by atoms with van der Waals surface area (Å²) >= 11 is 0. The minimum absolute atomic E-state index is 0.0582. The van der Waals surface area contributed by atoms with Crippen LogP contribution in [-0.4, -0.2) is 42.1 Å². The number of rotatable bonds is 5. The molecule has 3 rings (SSSR count). The summed E-state index contributed by atoms with van der Waals surface area (Å²) in [7, 11) is 1.62. The molecule has 1 heterocycles. The number of fused-ring (bicyclic) bond motifs is 1.